The smallest absolute Gasteiger partial charge is 0.191 e. The van der Waals surface area contributed by atoms with Gasteiger partial charge in [-0.3, -0.25) is 4.99 Å². The van der Waals surface area contributed by atoms with Gasteiger partial charge in [-0.15, -0.1) is 24.0 Å². The van der Waals surface area contributed by atoms with Crippen molar-refractivity contribution in [2.45, 2.75) is 32.7 Å². The standard InChI is InChI=1S/C14H22FN3.HI/c1-3-4-7-10-17-14(16-2)18-11-12-8-5-6-9-13(12)15;/h5-6,8-9H,3-4,7,10-11H2,1-2H3,(H2,16,17,18);1H. The SMILES string of the molecule is CCCCCNC(=NC)NCc1ccccc1F.I. The zero-order chi connectivity index (χ0) is 13.2. The van der Waals surface area contributed by atoms with Crippen molar-refractivity contribution in [2.24, 2.45) is 4.99 Å². The predicted octanol–water partition coefficient (Wildman–Crippen LogP) is 3.30. The van der Waals surface area contributed by atoms with Crippen LogP contribution in [0.1, 0.15) is 31.7 Å². The zero-order valence-corrected chi connectivity index (χ0v) is 13.9. The number of guanidine groups is 1. The second-order valence-corrected chi connectivity index (χ2v) is 4.15. The van der Waals surface area contributed by atoms with Gasteiger partial charge in [0.05, 0.1) is 0 Å². The lowest BCUT2D eigenvalue weighted by Crippen LogP contribution is -2.37. The third-order valence-corrected chi connectivity index (χ3v) is 2.70. The van der Waals surface area contributed by atoms with Gasteiger partial charge >= 0.3 is 0 Å². The molecule has 0 amide bonds. The quantitative estimate of drug-likeness (QED) is 0.345. The molecule has 1 rings (SSSR count). The first kappa shape index (κ1) is 18.1. The molecular weight excluding hydrogens is 356 g/mol. The Morgan fingerprint density at radius 1 is 1.21 bits per heavy atom. The van der Waals surface area contributed by atoms with Crippen molar-refractivity contribution in [1.82, 2.24) is 10.6 Å². The molecular formula is C14H23FIN3. The topological polar surface area (TPSA) is 36.4 Å². The molecule has 5 heteroatoms. The largest absolute Gasteiger partial charge is 0.356 e. The molecule has 0 bridgehead atoms. The van der Waals surface area contributed by atoms with Crippen LogP contribution in [-0.2, 0) is 6.54 Å². The van der Waals surface area contributed by atoms with Gasteiger partial charge in [0.25, 0.3) is 0 Å². The van der Waals surface area contributed by atoms with E-state index in [2.05, 4.69) is 22.5 Å². The minimum Gasteiger partial charge on any atom is -0.356 e. The third kappa shape index (κ3) is 7.34. The van der Waals surface area contributed by atoms with Gasteiger partial charge in [-0.2, -0.15) is 0 Å². The minimum atomic E-state index is -0.188. The van der Waals surface area contributed by atoms with Gasteiger partial charge in [0.15, 0.2) is 5.96 Å². The van der Waals surface area contributed by atoms with Gasteiger partial charge in [0, 0.05) is 25.7 Å². The maximum atomic E-state index is 13.4. The molecule has 19 heavy (non-hydrogen) atoms. The lowest BCUT2D eigenvalue weighted by atomic mass is 10.2. The van der Waals surface area contributed by atoms with Crippen LogP contribution in [0.3, 0.4) is 0 Å². The number of nitrogens with zero attached hydrogens (tertiary/aromatic N) is 1. The summed E-state index contributed by atoms with van der Waals surface area (Å²) < 4.78 is 13.4. The van der Waals surface area contributed by atoms with Gasteiger partial charge in [0.2, 0.25) is 0 Å². The van der Waals surface area contributed by atoms with Crippen molar-refractivity contribution in [2.75, 3.05) is 13.6 Å². The summed E-state index contributed by atoms with van der Waals surface area (Å²) in [7, 11) is 1.72. The second-order valence-electron chi connectivity index (χ2n) is 4.15. The van der Waals surface area contributed by atoms with Crippen molar-refractivity contribution in [3.05, 3.63) is 35.6 Å². The molecule has 0 unspecified atom stereocenters. The number of unbranched alkanes of at least 4 members (excludes halogenated alkanes) is 2. The molecule has 0 aliphatic heterocycles. The van der Waals surface area contributed by atoms with Crippen LogP contribution in [-0.4, -0.2) is 19.6 Å². The van der Waals surface area contributed by atoms with Crippen LogP contribution >= 0.6 is 24.0 Å². The maximum Gasteiger partial charge on any atom is 0.191 e. The Labute approximate surface area is 132 Å². The highest BCUT2D eigenvalue weighted by Crippen LogP contribution is 2.05. The van der Waals surface area contributed by atoms with E-state index in [0.29, 0.717) is 18.1 Å². The fourth-order valence-electron chi connectivity index (χ4n) is 1.62. The number of hydrogen-bond donors (Lipinski definition) is 2. The molecule has 0 saturated carbocycles. The van der Waals surface area contributed by atoms with Crippen molar-refractivity contribution in [1.29, 1.82) is 0 Å². The minimum absolute atomic E-state index is 0. The Morgan fingerprint density at radius 2 is 1.95 bits per heavy atom. The van der Waals surface area contributed by atoms with E-state index in [1.54, 1.807) is 19.2 Å². The van der Waals surface area contributed by atoms with Crippen LogP contribution in [0.4, 0.5) is 4.39 Å². The number of hydrogen-bond acceptors (Lipinski definition) is 1. The monoisotopic (exact) mass is 379 g/mol. The molecule has 1 aromatic carbocycles. The van der Waals surface area contributed by atoms with Crippen LogP contribution in [0.15, 0.2) is 29.3 Å². The number of nitrogens with one attached hydrogen (secondary N) is 2. The van der Waals surface area contributed by atoms with E-state index in [9.17, 15) is 4.39 Å². The zero-order valence-electron chi connectivity index (χ0n) is 11.6. The van der Waals surface area contributed by atoms with Gasteiger partial charge in [-0.1, -0.05) is 38.0 Å². The summed E-state index contributed by atoms with van der Waals surface area (Å²) in [5.74, 6) is 0.529. The Balaban J connectivity index is 0.00000324. The first-order chi connectivity index (χ1) is 8.77. The summed E-state index contributed by atoms with van der Waals surface area (Å²) in [6.07, 6.45) is 3.52. The van der Waals surface area contributed by atoms with Crippen molar-refractivity contribution < 1.29 is 4.39 Å². The van der Waals surface area contributed by atoms with Crippen LogP contribution in [0.2, 0.25) is 0 Å². The third-order valence-electron chi connectivity index (χ3n) is 2.70. The number of benzene rings is 1. The average Bonchev–Trinajstić information content (AvgIpc) is 2.40. The molecule has 1 aromatic rings. The molecule has 0 saturated heterocycles. The first-order valence-electron chi connectivity index (χ1n) is 6.45. The fraction of sp³-hybridized carbons (Fsp3) is 0.500. The van der Waals surface area contributed by atoms with E-state index in [0.717, 1.165) is 13.0 Å². The molecule has 108 valence electrons. The Bertz CT molecular complexity index is 383. The summed E-state index contributed by atoms with van der Waals surface area (Å²) >= 11 is 0. The highest BCUT2D eigenvalue weighted by molar-refractivity contribution is 14.0. The summed E-state index contributed by atoms with van der Waals surface area (Å²) in [4.78, 5) is 4.10. The average molecular weight is 379 g/mol. The van der Waals surface area contributed by atoms with Crippen LogP contribution in [0.5, 0.6) is 0 Å². The first-order valence-corrected chi connectivity index (χ1v) is 6.45. The van der Waals surface area contributed by atoms with Crippen LogP contribution in [0, 0.1) is 5.82 Å². The van der Waals surface area contributed by atoms with E-state index in [4.69, 9.17) is 0 Å². The van der Waals surface area contributed by atoms with E-state index < -0.39 is 0 Å². The molecule has 0 aliphatic rings. The van der Waals surface area contributed by atoms with Gasteiger partial charge in [-0.25, -0.2) is 4.39 Å². The molecule has 0 heterocycles. The van der Waals surface area contributed by atoms with E-state index in [1.165, 1.54) is 18.9 Å². The number of halogens is 2. The van der Waals surface area contributed by atoms with E-state index in [-0.39, 0.29) is 29.8 Å². The molecule has 0 spiro atoms. The molecule has 2 N–H and O–H groups in total. The van der Waals surface area contributed by atoms with Crippen molar-refractivity contribution in [3.8, 4) is 0 Å². The Hall–Kier alpha value is -0.850. The summed E-state index contributed by atoms with van der Waals surface area (Å²) in [6, 6.07) is 6.76. The molecule has 0 fully saturated rings. The van der Waals surface area contributed by atoms with Gasteiger partial charge in [0.1, 0.15) is 5.82 Å². The lowest BCUT2D eigenvalue weighted by Gasteiger charge is -2.12. The number of aliphatic imine (C=N–C) groups is 1. The Morgan fingerprint density at radius 3 is 2.58 bits per heavy atom. The normalized spacial score (nSPS) is 10.8. The van der Waals surface area contributed by atoms with Crippen LogP contribution in [0.25, 0.3) is 0 Å². The molecule has 0 aromatic heterocycles. The summed E-state index contributed by atoms with van der Waals surface area (Å²) in [5.41, 5.74) is 0.647. The maximum absolute atomic E-state index is 13.4. The van der Waals surface area contributed by atoms with Gasteiger partial charge in [-0.05, 0) is 12.5 Å². The van der Waals surface area contributed by atoms with E-state index >= 15 is 0 Å². The second kappa shape index (κ2) is 11.0. The lowest BCUT2D eigenvalue weighted by molar-refractivity contribution is 0.604. The molecule has 0 atom stereocenters. The summed E-state index contributed by atoms with van der Waals surface area (Å²) in [5, 5.41) is 6.31. The Kier molecular flexibility index (Phi) is 10.5. The highest BCUT2D eigenvalue weighted by atomic mass is 127. The fourth-order valence-corrected chi connectivity index (χ4v) is 1.62. The highest BCUT2D eigenvalue weighted by Gasteiger charge is 2.01. The van der Waals surface area contributed by atoms with E-state index in [1.807, 2.05) is 6.07 Å². The number of rotatable bonds is 6. The predicted molar refractivity (Wildman–Crippen MR) is 89.5 cm³/mol. The molecule has 0 aliphatic carbocycles. The summed E-state index contributed by atoms with van der Waals surface area (Å²) in [6.45, 7) is 3.51. The van der Waals surface area contributed by atoms with Crippen molar-refractivity contribution in [3.63, 3.8) is 0 Å². The molecule has 0 radical (unpaired) electrons. The molecule has 3 nitrogen and oxygen atoms in total. The van der Waals surface area contributed by atoms with Crippen LogP contribution < -0.4 is 10.6 Å². The van der Waals surface area contributed by atoms with Crippen molar-refractivity contribution >= 4 is 29.9 Å². The van der Waals surface area contributed by atoms with Gasteiger partial charge < -0.3 is 10.6 Å².